The Morgan fingerprint density at radius 3 is 2.28 bits per heavy atom. The van der Waals surface area contributed by atoms with Crippen LogP contribution < -0.4 is 5.32 Å². The van der Waals surface area contributed by atoms with Crippen molar-refractivity contribution in [3.63, 3.8) is 0 Å². The van der Waals surface area contributed by atoms with Crippen LogP contribution in [-0.4, -0.2) is 54.5 Å². The molecule has 3 amide bonds. The summed E-state index contributed by atoms with van der Waals surface area (Å²) in [4.78, 5) is 41.4. The monoisotopic (exact) mass is 551 g/mol. The summed E-state index contributed by atoms with van der Waals surface area (Å²) in [5.74, 6) is -2.38. The first-order valence-corrected chi connectivity index (χ1v) is 14.2. The van der Waals surface area contributed by atoms with Crippen LogP contribution in [0.5, 0.6) is 0 Å². The quantitative estimate of drug-likeness (QED) is 0.367. The van der Waals surface area contributed by atoms with Crippen molar-refractivity contribution in [1.29, 1.82) is 0 Å². The number of fused-ring (bicyclic) bond motifs is 1. The Balaban J connectivity index is 1.69. The van der Waals surface area contributed by atoms with E-state index in [1.807, 2.05) is 37.3 Å². The zero-order valence-corrected chi connectivity index (χ0v) is 22.4. The van der Waals surface area contributed by atoms with Gasteiger partial charge in [-0.2, -0.15) is 0 Å². The zero-order valence-electron chi connectivity index (χ0n) is 21.5. The van der Waals surface area contributed by atoms with Crippen LogP contribution in [0.2, 0.25) is 0 Å². The average Bonchev–Trinajstić information content (AvgIpc) is 3.13. The summed E-state index contributed by atoms with van der Waals surface area (Å²) in [6.45, 7) is 1.54. The van der Waals surface area contributed by atoms with Gasteiger partial charge in [-0.25, -0.2) is 17.1 Å². The minimum Gasteiger partial charge on any atom is -0.354 e. The first-order valence-electron chi connectivity index (χ1n) is 12.7. The third kappa shape index (κ3) is 6.34. The topological polar surface area (TPSA) is 104 Å². The summed E-state index contributed by atoms with van der Waals surface area (Å²) in [6, 6.07) is 19.4. The lowest BCUT2D eigenvalue weighted by molar-refractivity contribution is -0.141. The molecular formula is C29H30FN3O5S. The third-order valence-corrected chi connectivity index (χ3v) is 8.34. The predicted octanol–water partition coefficient (Wildman–Crippen LogP) is 3.53. The maximum atomic E-state index is 13.8. The predicted molar refractivity (Wildman–Crippen MR) is 143 cm³/mol. The molecule has 39 heavy (non-hydrogen) atoms. The fourth-order valence-electron chi connectivity index (χ4n) is 4.45. The molecule has 1 N–H and O–H groups in total. The van der Waals surface area contributed by atoms with Gasteiger partial charge in [0.1, 0.15) is 23.3 Å². The first-order chi connectivity index (χ1) is 18.7. The molecule has 0 saturated heterocycles. The highest BCUT2D eigenvalue weighted by atomic mass is 32.2. The Labute approximate surface area is 227 Å². The van der Waals surface area contributed by atoms with Gasteiger partial charge in [0.15, 0.2) is 0 Å². The second kappa shape index (κ2) is 12.2. The smallest absolute Gasteiger partial charge is 0.269 e. The van der Waals surface area contributed by atoms with Crippen molar-refractivity contribution in [2.45, 2.75) is 43.7 Å². The highest BCUT2D eigenvalue weighted by Gasteiger charge is 2.43. The highest BCUT2D eigenvalue weighted by Crippen LogP contribution is 2.30. The molecule has 3 aromatic rings. The van der Waals surface area contributed by atoms with Crippen molar-refractivity contribution in [1.82, 2.24) is 14.5 Å². The van der Waals surface area contributed by atoms with Crippen molar-refractivity contribution in [3.05, 3.63) is 101 Å². The van der Waals surface area contributed by atoms with Gasteiger partial charge in [-0.15, -0.1) is 0 Å². The van der Waals surface area contributed by atoms with Crippen LogP contribution in [0.25, 0.3) is 0 Å². The standard InChI is InChI=1S/C29H30FN3O5S/c1-2-3-17-31-28(35)25(18-21-9-5-4-6-10-21)32(19-22-13-15-23(30)16-14-22)27(34)20-33-29(36)24-11-7-8-12-26(24)39(33,37)38/h4-16,25H,2-3,17-20H2,1H3,(H,31,35). The maximum Gasteiger partial charge on any atom is 0.269 e. The third-order valence-electron chi connectivity index (χ3n) is 6.56. The lowest BCUT2D eigenvalue weighted by Gasteiger charge is -2.32. The van der Waals surface area contributed by atoms with E-state index in [9.17, 15) is 27.2 Å². The van der Waals surface area contributed by atoms with Gasteiger partial charge in [-0.3, -0.25) is 14.4 Å². The fraction of sp³-hybridized carbons (Fsp3) is 0.276. The molecule has 1 aliphatic heterocycles. The first kappa shape index (κ1) is 28.0. The van der Waals surface area contributed by atoms with Crippen molar-refractivity contribution < 1.29 is 27.2 Å². The Morgan fingerprint density at radius 2 is 1.62 bits per heavy atom. The number of halogens is 1. The number of sulfonamides is 1. The number of nitrogens with zero attached hydrogens (tertiary/aromatic N) is 2. The van der Waals surface area contributed by atoms with Gasteiger partial charge >= 0.3 is 0 Å². The van der Waals surface area contributed by atoms with E-state index in [1.165, 1.54) is 47.4 Å². The minimum absolute atomic E-state index is 0.00599. The van der Waals surface area contributed by atoms with E-state index in [-0.39, 0.29) is 23.4 Å². The molecule has 0 aliphatic carbocycles. The van der Waals surface area contributed by atoms with Gasteiger partial charge in [0, 0.05) is 19.5 Å². The number of nitrogens with one attached hydrogen (secondary N) is 1. The average molecular weight is 552 g/mol. The molecule has 4 rings (SSSR count). The van der Waals surface area contributed by atoms with Crippen LogP contribution >= 0.6 is 0 Å². The van der Waals surface area contributed by atoms with E-state index in [1.54, 1.807) is 6.07 Å². The number of amides is 3. The van der Waals surface area contributed by atoms with Crippen LogP contribution in [0, 0.1) is 5.82 Å². The minimum atomic E-state index is -4.24. The van der Waals surface area contributed by atoms with Gasteiger partial charge < -0.3 is 10.2 Å². The summed E-state index contributed by atoms with van der Waals surface area (Å²) in [6.07, 6.45) is 1.76. The number of hydrogen-bond donors (Lipinski definition) is 1. The van der Waals surface area contributed by atoms with E-state index in [4.69, 9.17) is 0 Å². The van der Waals surface area contributed by atoms with Crippen molar-refractivity contribution in [2.24, 2.45) is 0 Å². The van der Waals surface area contributed by atoms with Gasteiger partial charge in [-0.05, 0) is 41.8 Å². The molecule has 0 fully saturated rings. The highest BCUT2D eigenvalue weighted by molar-refractivity contribution is 7.90. The van der Waals surface area contributed by atoms with Crippen LogP contribution in [-0.2, 0) is 32.6 Å². The number of carbonyl (C=O) groups excluding carboxylic acids is 3. The molecule has 0 spiro atoms. The number of rotatable bonds is 11. The Hall–Kier alpha value is -4.05. The van der Waals surface area contributed by atoms with Gasteiger partial charge in [0.05, 0.1) is 5.56 Å². The van der Waals surface area contributed by atoms with Gasteiger partial charge in [-0.1, -0.05) is 67.9 Å². The SMILES string of the molecule is CCCCNC(=O)C(Cc1ccccc1)N(Cc1ccc(F)cc1)C(=O)CN1C(=O)c2ccccc2S1(=O)=O. The Bertz CT molecular complexity index is 1450. The lowest BCUT2D eigenvalue weighted by Crippen LogP contribution is -2.53. The summed E-state index contributed by atoms with van der Waals surface area (Å²) in [5, 5.41) is 2.88. The lowest BCUT2D eigenvalue weighted by atomic mass is 10.0. The normalized spacial score (nSPS) is 14.5. The van der Waals surface area contributed by atoms with Gasteiger partial charge in [0.2, 0.25) is 11.8 Å². The second-order valence-corrected chi connectivity index (χ2v) is 11.1. The number of hydrogen-bond acceptors (Lipinski definition) is 5. The molecule has 1 atom stereocenters. The number of carbonyl (C=O) groups is 3. The molecule has 3 aromatic carbocycles. The molecule has 10 heteroatoms. The van der Waals surface area contributed by atoms with Crippen molar-refractivity contribution in [2.75, 3.05) is 13.1 Å². The molecule has 1 unspecified atom stereocenters. The van der Waals surface area contributed by atoms with E-state index >= 15 is 0 Å². The van der Waals surface area contributed by atoms with E-state index in [0.717, 1.165) is 18.4 Å². The molecule has 0 saturated carbocycles. The number of unbranched alkanes of at least 4 members (excludes halogenated alkanes) is 1. The molecular weight excluding hydrogens is 521 g/mol. The summed E-state index contributed by atoms with van der Waals surface area (Å²) in [5.41, 5.74) is 1.33. The van der Waals surface area contributed by atoms with Gasteiger partial charge in [0.25, 0.3) is 15.9 Å². The molecule has 8 nitrogen and oxygen atoms in total. The number of benzene rings is 3. The Kier molecular flexibility index (Phi) is 8.75. The molecule has 1 heterocycles. The van der Waals surface area contributed by atoms with Crippen LogP contribution in [0.3, 0.4) is 0 Å². The Morgan fingerprint density at radius 1 is 0.949 bits per heavy atom. The van der Waals surface area contributed by atoms with Crippen molar-refractivity contribution in [3.8, 4) is 0 Å². The fourth-order valence-corrected chi connectivity index (χ4v) is 5.97. The molecule has 1 aliphatic rings. The van der Waals surface area contributed by atoms with Crippen molar-refractivity contribution >= 4 is 27.7 Å². The van der Waals surface area contributed by atoms with E-state index < -0.39 is 46.1 Å². The summed E-state index contributed by atoms with van der Waals surface area (Å²) >= 11 is 0. The molecule has 0 radical (unpaired) electrons. The largest absolute Gasteiger partial charge is 0.354 e. The van der Waals surface area contributed by atoms with Crippen LogP contribution in [0.15, 0.2) is 83.8 Å². The summed E-state index contributed by atoms with van der Waals surface area (Å²) in [7, 11) is -4.24. The van der Waals surface area contributed by atoms with Crippen LogP contribution in [0.1, 0.15) is 41.3 Å². The molecule has 0 aromatic heterocycles. The van der Waals surface area contributed by atoms with E-state index in [2.05, 4.69) is 5.32 Å². The second-order valence-electron chi connectivity index (χ2n) is 9.31. The summed E-state index contributed by atoms with van der Waals surface area (Å²) < 4.78 is 40.4. The maximum absolute atomic E-state index is 13.8. The zero-order chi connectivity index (χ0) is 28.0. The van der Waals surface area contributed by atoms with E-state index in [0.29, 0.717) is 16.4 Å². The van der Waals surface area contributed by atoms with Crippen LogP contribution in [0.4, 0.5) is 4.39 Å². The molecule has 0 bridgehead atoms. The molecule has 204 valence electrons.